The zero-order valence-electron chi connectivity index (χ0n) is 17.0. The van der Waals surface area contributed by atoms with Crippen LogP contribution in [0.4, 0.5) is 21.9 Å². The second-order valence-corrected chi connectivity index (χ2v) is 8.44. The van der Waals surface area contributed by atoms with Crippen molar-refractivity contribution in [2.75, 3.05) is 42.9 Å². The number of anilines is 3. The van der Waals surface area contributed by atoms with E-state index in [1.807, 2.05) is 23.1 Å². The van der Waals surface area contributed by atoms with E-state index in [2.05, 4.69) is 45.4 Å². The minimum atomic E-state index is 0.0241. The lowest BCUT2D eigenvalue weighted by Gasteiger charge is -2.38. The molecule has 5 heteroatoms. The molecule has 0 aromatic heterocycles. The molecular weight excluding hydrogens is 360 g/mol. The van der Waals surface area contributed by atoms with Crippen molar-refractivity contribution in [3.05, 3.63) is 54.1 Å². The van der Waals surface area contributed by atoms with Gasteiger partial charge in [0.15, 0.2) is 0 Å². The third-order valence-electron chi connectivity index (χ3n) is 6.77. The molecule has 5 rings (SSSR count). The fourth-order valence-electron chi connectivity index (χ4n) is 5.16. The molecule has 2 aromatic rings. The quantitative estimate of drug-likeness (QED) is 0.840. The minimum Gasteiger partial charge on any atom is -0.339 e. The first kappa shape index (κ1) is 18.5. The summed E-state index contributed by atoms with van der Waals surface area (Å²) < 4.78 is 0. The number of nitrogens with zero attached hydrogens (tertiary/aromatic N) is 3. The average molecular weight is 391 g/mol. The van der Waals surface area contributed by atoms with Crippen LogP contribution in [-0.4, -0.2) is 54.6 Å². The number of benzene rings is 2. The van der Waals surface area contributed by atoms with Crippen molar-refractivity contribution in [3.63, 3.8) is 0 Å². The van der Waals surface area contributed by atoms with E-state index in [1.54, 1.807) is 0 Å². The average Bonchev–Trinajstić information content (AvgIpc) is 3.45. The summed E-state index contributed by atoms with van der Waals surface area (Å²) in [6.45, 7) is 4.58. The Bertz CT molecular complexity index is 869. The fraction of sp³-hybridized carbons (Fsp3) is 0.458. The van der Waals surface area contributed by atoms with Crippen LogP contribution >= 0.6 is 0 Å². The normalized spacial score (nSPS) is 20.1. The second kappa shape index (κ2) is 8.07. The van der Waals surface area contributed by atoms with Crippen LogP contribution in [0, 0.1) is 0 Å². The van der Waals surface area contributed by atoms with Crippen molar-refractivity contribution in [2.45, 2.75) is 38.1 Å². The minimum absolute atomic E-state index is 0.0241. The molecule has 1 N–H and O–H groups in total. The van der Waals surface area contributed by atoms with Crippen LogP contribution in [0.3, 0.4) is 0 Å². The van der Waals surface area contributed by atoms with Crippen molar-refractivity contribution < 1.29 is 4.79 Å². The Kier molecular flexibility index (Phi) is 5.15. The number of piperazine rings is 1. The van der Waals surface area contributed by atoms with Gasteiger partial charge in [0.2, 0.25) is 0 Å². The third kappa shape index (κ3) is 3.71. The molecule has 152 valence electrons. The van der Waals surface area contributed by atoms with Gasteiger partial charge in [-0.2, -0.15) is 0 Å². The Morgan fingerprint density at radius 1 is 0.828 bits per heavy atom. The molecule has 2 amide bonds. The molecule has 5 nitrogen and oxygen atoms in total. The van der Waals surface area contributed by atoms with Crippen molar-refractivity contribution >= 4 is 23.1 Å². The number of hydrogen-bond donors (Lipinski definition) is 1. The van der Waals surface area contributed by atoms with Gasteiger partial charge in [-0.1, -0.05) is 43.2 Å². The summed E-state index contributed by atoms with van der Waals surface area (Å²) in [6.07, 6.45) is 6.43. The SMILES string of the molecule is O=C(Nc1ccccc1N1CCc2ccccc21)N1CCN(C2CCCC2)CC1. The number of nitrogens with one attached hydrogen (secondary N) is 1. The molecule has 0 radical (unpaired) electrons. The number of amides is 2. The maximum Gasteiger partial charge on any atom is 0.321 e. The van der Waals surface area contributed by atoms with Crippen molar-refractivity contribution in [1.29, 1.82) is 0 Å². The van der Waals surface area contributed by atoms with Gasteiger partial charge in [0.25, 0.3) is 0 Å². The second-order valence-electron chi connectivity index (χ2n) is 8.44. The predicted octanol–water partition coefficient (Wildman–Crippen LogP) is 4.47. The van der Waals surface area contributed by atoms with E-state index < -0.39 is 0 Å². The zero-order chi connectivity index (χ0) is 19.6. The summed E-state index contributed by atoms with van der Waals surface area (Å²) in [5.74, 6) is 0. The highest BCUT2D eigenvalue weighted by Crippen LogP contribution is 2.38. The smallest absolute Gasteiger partial charge is 0.321 e. The molecule has 1 saturated carbocycles. The summed E-state index contributed by atoms with van der Waals surface area (Å²) in [5, 5.41) is 3.20. The van der Waals surface area contributed by atoms with Gasteiger partial charge >= 0.3 is 6.03 Å². The monoisotopic (exact) mass is 390 g/mol. The van der Waals surface area contributed by atoms with Crippen LogP contribution in [0.25, 0.3) is 0 Å². The lowest BCUT2D eigenvalue weighted by molar-refractivity contribution is 0.115. The van der Waals surface area contributed by atoms with Crippen LogP contribution in [0.15, 0.2) is 48.5 Å². The molecule has 0 unspecified atom stereocenters. The number of hydrogen-bond acceptors (Lipinski definition) is 3. The summed E-state index contributed by atoms with van der Waals surface area (Å²) in [4.78, 5) is 19.9. The molecule has 1 saturated heterocycles. The van der Waals surface area contributed by atoms with Gasteiger partial charge in [0, 0.05) is 44.5 Å². The van der Waals surface area contributed by atoms with Crippen molar-refractivity contribution in [3.8, 4) is 0 Å². The standard InChI is InChI=1S/C24H30N4O/c29-24(27-17-15-26(16-18-27)20-8-2-3-9-20)25-21-10-4-6-12-23(21)28-14-13-19-7-1-5-11-22(19)28/h1,4-7,10-12,20H,2-3,8-9,13-18H2,(H,25,29). The summed E-state index contributed by atoms with van der Waals surface area (Å²) in [6, 6.07) is 17.5. The van der Waals surface area contributed by atoms with Crippen LogP contribution in [0.1, 0.15) is 31.2 Å². The number of carbonyl (C=O) groups is 1. The Labute approximate surface area is 173 Å². The summed E-state index contributed by atoms with van der Waals surface area (Å²) in [5.41, 5.74) is 4.60. The van der Waals surface area contributed by atoms with Crippen molar-refractivity contribution in [2.24, 2.45) is 0 Å². The van der Waals surface area contributed by atoms with Crippen LogP contribution in [0.2, 0.25) is 0 Å². The molecule has 0 spiro atoms. The highest BCUT2D eigenvalue weighted by atomic mass is 16.2. The topological polar surface area (TPSA) is 38.8 Å². The highest BCUT2D eigenvalue weighted by molar-refractivity contribution is 5.94. The molecule has 0 bridgehead atoms. The third-order valence-corrected chi connectivity index (χ3v) is 6.77. The molecule has 2 aliphatic heterocycles. The largest absolute Gasteiger partial charge is 0.339 e. The zero-order valence-corrected chi connectivity index (χ0v) is 17.0. The first-order valence-corrected chi connectivity index (χ1v) is 11.0. The molecule has 3 aliphatic rings. The Morgan fingerprint density at radius 2 is 1.52 bits per heavy atom. The molecule has 0 atom stereocenters. The maximum absolute atomic E-state index is 13.0. The van der Waals surface area contributed by atoms with Gasteiger partial charge in [-0.15, -0.1) is 0 Å². The predicted molar refractivity (Wildman–Crippen MR) is 118 cm³/mol. The lowest BCUT2D eigenvalue weighted by atomic mass is 10.1. The van der Waals surface area contributed by atoms with Gasteiger partial charge in [0.1, 0.15) is 0 Å². The number of rotatable bonds is 3. The van der Waals surface area contributed by atoms with Gasteiger partial charge in [-0.3, -0.25) is 4.90 Å². The Balaban J connectivity index is 1.26. The van der Waals surface area contributed by atoms with E-state index in [0.717, 1.165) is 56.6 Å². The van der Waals surface area contributed by atoms with Gasteiger partial charge in [0.05, 0.1) is 11.4 Å². The summed E-state index contributed by atoms with van der Waals surface area (Å²) >= 11 is 0. The summed E-state index contributed by atoms with van der Waals surface area (Å²) in [7, 11) is 0. The van der Waals surface area contributed by atoms with Crippen LogP contribution in [-0.2, 0) is 6.42 Å². The van der Waals surface area contributed by atoms with E-state index >= 15 is 0 Å². The number of fused-ring (bicyclic) bond motifs is 1. The van der Waals surface area contributed by atoms with E-state index in [0.29, 0.717) is 0 Å². The van der Waals surface area contributed by atoms with Crippen LogP contribution < -0.4 is 10.2 Å². The molecule has 1 aliphatic carbocycles. The van der Waals surface area contributed by atoms with E-state index in [4.69, 9.17) is 0 Å². The molecule has 2 fully saturated rings. The van der Waals surface area contributed by atoms with Gasteiger partial charge in [-0.25, -0.2) is 4.79 Å². The first-order valence-electron chi connectivity index (χ1n) is 11.0. The number of para-hydroxylation sites is 3. The van der Waals surface area contributed by atoms with Gasteiger partial charge < -0.3 is 15.1 Å². The first-order chi connectivity index (χ1) is 14.3. The fourth-order valence-corrected chi connectivity index (χ4v) is 5.16. The van der Waals surface area contributed by atoms with Gasteiger partial charge in [-0.05, 0) is 43.0 Å². The van der Waals surface area contributed by atoms with E-state index in [9.17, 15) is 4.79 Å². The Morgan fingerprint density at radius 3 is 2.31 bits per heavy atom. The van der Waals surface area contributed by atoms with Crippen LogP contribution in [0.5, 0.6) is 0 Å². The maximum atomic E-state index is 13.0. The van der Waals surface area contributed by atoms with Crippen molar-refractivity contribution in [1.82, 2.24) is 9.80 Å². The molecular formula is C24H30N4O. The number of carbonyl (C=O) groups excluding carboxylic acids is 1. The Hall–Kier alpha value is -2.53. The molecule has 2 heterocycles. The lowest BCUT2D eigenvalue weighted by Crippen LogP contribution is -2.52. The molecule has 2 aromatic carbocycles. The number of urea groups is 1. The highest BCUT2D eigenvalue weighted by Gasteiger charge is 2.28. The molecule has 29 heavy (non-hydrogen) atoms. The van der Waals surface area contributed by atoms with E-state index in [-0.39, 0.29) is 6.03 Å². The van der Waals surface area contributed by atoms with E-state index in [1.165, 1.54) is 36.9 Å².